The molecule has 31 heavy (non-hydrogen) atoms. The standard InChI is InChI=1S/C23H28N2O6/c1-13(2)21(28)24-16-10-8-15(9-11-16)20(27)14(3)31-19(26)12-25-22(29)17-6-4-5-7-18(17)23(25)30/h8-11,13-14,17-18H,4-7,12H2,1-3H3,(H,24,28). The highest BCUT2D eigenvalue weighted by Crippen LogP contribution is 2.37. The zero-order valence-electron chi connectivity index (χ0n) is 18.1. The van der Waals surface area contributed by atoms with Gasteiger partial charge in [0.1, 0.15) is 6.54 Å². The molecule has 0 radical (unpaired) electrons. The number of nitrogens with zero attached hydrogens (tertiary/aromatic N) is 1. The number of rotatable bonds is 7. The molecular weight excluding hydrogens is 400 g/mol. The Balaban J connectivity index is 1.56. The van der Waals surface area contributed by atoms with Gasteiger partial charge in [-0.25, -0.2) is 0 Å². The van der Waals surface area contributed by atoms with Gasteiger partial charge in [-0.05, 0) is 44.0 Å². The van der Waals surface area contributed by atoms with Gasteiger partial charge in [0.05, 0.1) is 11.8 Å². The zero-order chi connectivity index (χ0) is 22.7. The minimum atomic E-state index is -1.07. The molecule has 1 aliphatic carbocycles. The van der Waals surface area contributed by atoms with Crippen molar-refractivity contribution in [1.82, 2.24) is 4.90 Å². The third-order valence-electron chi connectivity index (χ3n) is 5.86. The molecule has 3 amide bonds. The van der Waals surface area contributed by atoms with E-state index in [0.717, 1.165) is 17.7 Å². The third kappa shape index (κ3) is 5.00. The summed E-state index contributed by atoms with van der Waals surface area (Å²) in [5.41, 5.74) is 0.884. The van der Waals surface area contributed by atoms with Crippen molar-refractivity contribution in [3.05, 3.63) is 29.8 Å². The molecule has 1 heterocycles. The fourth-order valence-electron chi connectivity index (χ4n) is 4.04. The maximum atomic E-state index is 12.6. The Hall–Kier alpha value is -3.03. The molecule has 2 fully saturated rings. The summed E-state index contributed by atoms with van der Waals surface area (Å²) < 4.78 is 5.20. The van der Waals surface area contributed by atoms with Gasteiger partial charge < -0.3 is 10.1 Å². The molecule has 1 aromatic rings. The molecular formula is C23H28N2O6. The SMILES string of the molecule is CC(C)C(=O)Nc1ccc(C(=O)C(C)OC(=O)CN2C(=O)C3CCCCC3C2=O)cc1. The van der Waals surface area contributed by atoms with E-state index < -0.39 is 24.4 Å². The highest BCUT2D eigenvalue weighted by molar-refractivity contribution is 6.07. The number of imide groups is 1. The zero-order valence-corrected chi connectivity index (χ0v) is 18.1. The predicted octanol–water partition coefficient (Wildman–Crippen LogP) is 2.57. The largest absolute Gasteiger partial charge is 0.453 e. The fraction of sp³-hybridized carbons (Fsp3) is 0.522. The van der Waals surface area contributed by atoms with Crippen LogP contribution in [0.2, 0.25) is 0 Å². The number of carbonyl (C=O) groups is 5. The van der Waals surface area contributed by atoms with E-state index in [4.69, 9.17) is 4.74 Å². The van der Waals surface area contributed by atoms with E-state index in [1.165, 1.54) is 6.92 Å². The molecule has 1 aliphatic heterocycles. The molecule has 1 N–H and O–H groups in total. The first kappa shape index (κ1) is 22.7. The minimum Gasteiger partial charge on any atom is -0.453 e. The first-order chi connectivity index (χ1) is 14.7. The summed E-state index contributed by atoms with van der Waals surface area (Å²) in [5.74, 6) is -2.80. The summed E-state index contributed by atoms with van der Waals surface area (Å²) in [5, 5.41) is 2.73. The van der Waals surface area contributed by atoms with E-state index in [-0.39, 0.29) is 35.5 Å². The van der Waals surface area contributed by atoms with Crippen LogP contribution in [-0.4, -0.2) is 47.0 Å². The number of likely N-dealkylation sites (tertiary alicyclic amines) is 1. The normalized spacial score (nSPS) is 21.6. The lowest BCUT2D eigenvalue weighted by Gasteiger charge is -2.19. The van der Waals surface area contributed by atoms with E-state index >= 15 is 0 Å². The van der Waals surface area contributed by atoms with Crippen molar-refractivity contribution in [2.24, 2.45) is 17.8 Å². The smallest absolute Gasteiger partial charge is 0.326 e. The minimum absolute atomic E-state index is 0.132. The number of ketones is 1. The van der Waals surface area contributed by atoms with Crippen LogP contribution in [0.1, 0.15) is 56.8 Å². The van der Waals surface area contributed by atoms with Crippen molar-refractivity contribution < 1.29 is 28.7 Å². The second-order valence-corrected chi connectivity index (χ2v) is 8.48. The van der Waals surface area contributed by atoms with Crippen molar-refractivity contribution in [3.63, 3.8) is 0 Å². The Labute approximate surface area is 181 Å². The number of anilines is 1. The summed E-state index contributed by atoms with van der Waals surface area (Å²) in [6, 6.07) is 6.29. The topological polar surface area (TPSA) is 110 Å². The Morgan fingerprint density at radius 2 is 1.55 bits per heavy atom. The molecule has 166 valence electrons. The number of carbonyl (C=O) groups excluding carboxylic acids is 5. The van der Waals surface area contributed by atoms with Gasteiger partial charge in [0.25, 0.3) is 0 Å². The molecule has 0 bridgehead atoms. The van der Waals surface area contributed by atoms with Crippen LogP contribution in [0.4, 0.5) is 5.69 Å². The number of hydrogen-bond donors (Lipinski definition) is 1. The maximum Gasteiger partial charge on any atom is 0.326 e. The quantitative estimate of drug-likeness (QED) is 0.406. The average Bonchev–Trinajstić information content (AvgIpc) is 2.98. The first-order valence-corrected chi connectivity index (χ1v) is 10.7. The number of ether oxygens (including phenoxy) is 1. The van der Waals surface area contributed by atoms with Gasteiger partial charge in [-0.3, -0.25) is 28.9 Å². The van der Waals surface area contributed by atoms with E-state index in [0.29, 0.717) is 24.1 Å². The van der Waals surface area contributed by atoms with Gasteiger partial charge in [0, 0.05) is 17.2 Å². The van der Waals surface area contributed by atoms with E-state index in [1.54, 1.807) is 38.1 Å². The number of fused-ring (bicyclic) bond motifs is 1. The van der Waals surface area contributed by atoms with Gasteiger partial charge in [-0.2, -0.15) is 0 Å². The van der Waals surface area contributed by atoms with Gasteiger partial charge >= 0.3 is 5.97 Å². The summed E-state index contributed by atoms with van der Waals surface area (Å²) >= 11 is 0. The average molecular weight is 428 g/mol. The number of Topliss-reactive ketones (excluding diaryl/α,β-unsaturated/α-hetero) is 1. The Bertz CT molecular complexity index is 868. The summed E-state index contributed by atoms with van der Waals surface area (Å²) in [6.07, 6.45) is 2.08. The highest BCUT2D eigenvalue weighted by atomic mass is 16.5. The van der Waals surface area contributed by atoms with Crippen LogP contribution in [0.25, 0.3) is 0 Å². The summed E-state index contributed by atoms with van der Waals surface area (Å²) in [4.78, 5) is 62.6. The molecule has 3 unspecified atom stereocenters. The van der Waals surface area contributed by atoms with Crippen molar-refractivity contribution in [1.29, 1.82) is 0 Å². The molecule has 3 atom stereocenters. The molecule has 2 aliphatic rings. The molecule has 3 rings (SSSR count). The second-order valence-electron chi connectivity index (χ2n) is 8.48. The maximum absolute atomic E-state index is 12.6. The van der Waals surface area contributed by atoms with Gasteiger partial charge in [0.15, 0.2) is 6.10 Å². The van der Waals surface area contributed by atoms with Gasteiger partial charge in [-0.15, -0.1) is 0 Å². The second kappa shape index (κ2) is 9.41. The molecule has 1 saturated carbocycles. The van der Waals surface area contributed by atoms with Crippen molar-refractivity contribution >= 4 is 35.2 Å². The molecule has 0 spiro atoms. The van der Waals surface area contributed by atoms with E-state index in [2.05, 4.69) is 5.32 Å². The van der Waals surface area contributed by atoms with E-state index in [9.17, 15) is 24.0 Å². The van der Waals surface area contributed by atoms with Gasteiger partial charge in [-0.1, -0.05) is 26.7 Å². The molecule has 8 heteroatoms. The van der Waals surface area contributed by atoms with Crippen LogP contribution in [0.5, 0.6) is 0 Å². The van der Waals surface area contributed by atoms with Crippen LogP contribution in [0.3, 0.4) is 0 Å². The molecule has 1 saturated heterocycles. The summed E-state index contributed by atoms with van der Waals surface area (Å²) in [7, 11) is 0. The van der Waals surface area contributed by atoms with Gasteiger partial charge in [0.2, 0.25) is 23.5 Å². The van der Waals surface area contributed by atoms with Crippen molar-refractivity contribution in [2.75, 3.05) is 11.9 Å². The van der Waals surface area contributed by atoms with Crippen molar-refractivity contribution in [2.45, 2.75) is 52.6 Å². The lowest BCUT2D eigenvalue weighted by molar-refractivity contribution is -0.154. The monoisotopic (exact) mass is 428 g/mol. The number of nitrogens with one attached hydrogen (secondary N) is 1. The fourth-order valence-corrected chi connectivity index (χ4v) is 4.04. The molecule has 0 aromatic heterocycles. The predicted molar refractivity (Wildman–Crippen MR) is 112 cm³/mol. The number of amides is 3. The Morgan fingerprint density at radius 3 is 2.06 bits per heavy atom. The lowest BCUT2D eigenvalue weighted by Crippen LogP contribution is -2.38. The van der Waals surface area contributed by atoms with Crippen molar-refractivity contribution in [3.8, 4) is 0 Å². The van der Waals surface area contributed by atoms with Crippen LogP contribution >= 0.6 is 0 Å². The number of esters is 1. The Morgan fingerprint density at radius 1 is 1.00 bits per heavy atom. The third-order valence-corrected chi connectivity index (χ3v) is 5.86. The first-order valence-electron chi connectivity index (χ1n) is 10.7. The van der Waals surface area contributed by atoms with Crippen LogP contribution in [-0.2, 0) is 23.9 Å². The summed E-state index contributed by atoms with van der Waals surface area (Å²) in [6.45, 7) is 4.53. The Kier molecular flexibility index (Phi) is 6.87. The van der Waals surface area contributed by atoms with Crippen LogP contribution in [0.15, 0.2) is 24.3 Å². The molecule has 8 nitrogen and oxygen atoms in total. The van der Waals surface area contributed by atoms with E-state index in [1.807, 2.05) is 0 Å². The lowest BCUT2D eigenvalue weighted by atomic mass is 9.81. The highest BCUT2D eigenvalue weighted by Gasteiger charge is 2.48. The van der Waals surface area contributed by atoms with Crippen LogP contribution < -0.4 is 5.32 Å². The van der Waals surface area contributed by atoms with Crippen LogP contribution in [0, 0.1) is 17.8 Å². The number of benzene rings is 1. The number of hydrogen-bond acceptors (Lipinski definition) is 6. The molecule has 1 aromatic carbocycles.